The Morgan fingerprint density at radius 3 is 2.55 bits per heavy atom. The normalized spacial score (nSPS) is 19.4. The molecule has 1 aliphatic rings. The number of nitrogens with zero attached hydrogens (tertiary/aromatic N) is 4. The van der Waals surface area contributed by atoms with Gasteiger partial charge in [0.05, 0.1) is 34.2 Å². The van der Waals surface area contributed by atoms with E-state index in [0.29, 0.717) is 0 Å². The number of hydrogen-bond donors (Lipinski definition) is 1. The van der Waals surface area contributed by atoms with Crippen LogP contribution in [0.15, 0.2) is 35.3 Å². The van der Waals surface area contributed by atoms with Crippen LogP contribution in [0.2, 0.25) is 0 Å². The van der Waals surface area contributed by atoms with Crippen LogP contribution in [0.5, 0.6) is 0 Å². The van der Waals surface area contributed by atoms with E-state index in [-0.39, 0.29) is 46.4 Å². The number of nitrogens with two attached hydrogens (primary N) is 1. The van der Waals surface area contributed by atoms with Crippen molar-refractivity contribution in [1.82, 2.24) is 14.5 Å². The summed E-state index contributed by atoms with van der Waals surface area (Å²) in [6.07, 6.45) is -3.26. The zero-order chi connectivity index (χ0) is 22.7. The smallest absolute Gasteiger partial charge is 0.268 e. The Kier molecular flexibility index (Phi) is 4.75. The topological polar surface area (TPSA) is 76.5 Å². The van der Waals surface area contributed by atoms with Gasteiger partial charge in [0.1, 0.15) is 11.6 Å². The molecule has 0 radical (unpaired) electrons. The summed E-state index contributed by atoms with van der Waals surface area (Å²) in [6, 6.07) is 6.53. The Bertz CT molecular complexity index is 1250. The molecule has 6 nitrogen and oxygen atoms in total. The number of imidazole rings is 1. The van der Waals surface area contributed by atoms with E-state index >= 15 is 4.39 Å². The molecule has 0 aliphatic carbocycles. The number of aromatic nitrogens is 2. The maximum absolute atomic E-state index is 15.8. The lowest BCUT2D eigenvalue weighted by Gasteiger charge is -2.34. The largest absolute Gasteiger partial charge is 0.369 e. The second kappa shape index (κ2) is 7.07. The van der Waals surface area contributed by atoms with Crippen molar-refractivity contribution in [3.05, 3.63) is 58.9 Å². The number of hydrogen-bond acceptors (Lipinski definition) is 4. The summed E-state index contributed by atoms with van der Waals surface area (Å²) in [7, 11) is 1.47. The lowest BCUT2D eigenvalue weighted by Crippen LogP contribution is -2.47. The van der Waals surface area contributed by atoms with Gasteiger partial charge in [-0.15, -0.1) is 0 Å². The van der Waals surface area contributed by atoms with Crippen molar-refractivity contribution >= 4 is 22.9 Å². The molecule has 2 heterocycles. The first-order valence-electron chi connectivity index (χ1n) is 9.42. The van der Waals surface area contributed by atoms with Crippen LogP contribution in [-0.4, -0.2) is 33.4 Å². The molecular weight excluding hydrogens is 414 g/mol. The Hall–Kier alpha value is -3.43. The van der Waals surface area contributed by atoms with Gasteiger partial charge < -0.3 is 5.73 Å². The van der Waals surface area contributed by atoms with Crippen molar-refractivity contribution in [2.75, 3.05) is 7.05 Å². The van der Waals surface area contributed by atoms with Crippen LogP contribution >= 0.6 is 0 Å². The van der Waals surface area contributed by atoms with Crippen LogP contribution in [0.3, 0.4) is 0 Å². The minimum absolute atomic E-state index is 0.0603. The molecule has 1 atom stereocenters. The van der Waals surface area contributed by atoms with Crippen molar-refractivity contribution < 1.29 is 22.4 Å². The number of carbonyl (C=O) groups excluding carboxylic acids is 1. The molecule has 1 aliphatic heterocycles. The second-order valence-corrected chi connectivity index (χ2v) is 7.64. The molecule has 2 N–H and O–H groups in total. The van der Waals surface area contributed by atoms with E-state index in [1.54, 1.807) is 6.92 Å². The molecule has 1 amide bonds. The number of alkyl halides is 2. The summed E-state index contributed by atoms with van der Waals surface area (Å²) in [5.74, 6) is -2.09. The molecule has 1 aromatic heterocycles. The van der Waals surface area contributed by atoms with Crippen molar-refractivity contribution in [2.24, 2.45) is 10.7 Å². The lowest BCUT2D eigenvalue weighted by atomic mass is 9.87. The van der Waals surface area contributed by atoms with E-state index in [9.17, 15) is 18.0 Å². The number of rotatable bonds is 3. The monoisotopic (exact) mass is 433 g/mol. The minimum atomic E-state index is -3.13. The number of benzene rings is 2. The number of carbonyl (C=O) groups is 1. The van der Waals surface area contributed by atoms with Crippen molar-refractivity contribution in [2.45, 2.75) is 32.2 Å². The van der Waals surface area contributed by atoms with Gasteiger partial charge in [0, 0.05) is 12.6 Å². The van der Waals surface area contributed by atoms with Gasteiger partial charge in [-0.05, 0) is 32.0 Å². The highest BCUT2D eigenvalue weighted by atomic mass is 19.3. The summed E-state index contributed by atoms with van der Waals surface area (Å²) < 4.78 is 58.5. The zero-order valence-electron chi connectivity index (χ0n) is 17.0. The van der Waals surface area contributed by atoms with Crippen LogP contribution in [0.4, 0.5) is 17.6 Å². The number of amides is 1. The molecule has 4 rings (SSSR count). The third-order valence-corrected chi connectivity index (χ3v) is 5.56. The van der Waals surface area contributed by atoms with Gasteiger partial charge in [0.15, 0.2) is 11.8 Å². The Morgan fingerprint density at radius 1 is 1.19 bits per heavy atom. The summed E-state index contributed by atoms with van der Waals surface area (Å²) in [4.78, 5) is 22.0. The van der Waals surface area contributed by atoms with Gasteiger partial charge in [0.25, 0.3) is 6.43 Å². The average molecular weight is 433 g/mol. The standard InChI is InChI=1S/C21H19F4N5O/c1-10-27-13-8-7-12(22)16(19(24)25)18(13)30(10)14-6-4-5-11(17(14)23)21(2)9-15(31)29(3)20(26)28-21/h4-8,19H,9H2,1-3H3,(H2,26,28)/t21-/m0/s1. The molecule has 0 spiro atoms. The lowest BCUT2D eigenvalue weighted by molar-refractivity contribution is -0.128. The van der Waals surface area contributed by atoms with E-state index in [0.717, 1.165) is 10.6 Å². The van der Waals surface area contributed by atoms with Crippen LogP contribution < -0.4 is 5.73 Å². The molecule has 0 saturated carbocycles. The van der Waals surface area contributed by atoms with Crippen molar-refractivity contribution in [3.8, 4) is 5.69 Å². The highest BCUT2D eigenvalue weighted by molar-refractivity contribution is 5.98. The first-order valence-corrected chi connectivity index (χ1v) is 9.42. The van der Waals surface area contributed by atoms with E-state index in [4.69, 9.17) is 5.73 Å². The summed E-state index contributed by atoms with van der Waals surface area (Å²) >= 11 is 0. The molecule has 0 saturated heterocycles. The van der Waals surface area contributed by atoms with Crippen LogP contribution in [0, 0.1) is 18.6 Å². The Morgan fingerprint density at radius 2 is 1.90 bits per heavy atom. The molecule has 3 aromatic rings. The van der Waals surface area contributed by atoms with Crippen LogP contribution in [-0.2, 0) is 10.3 Å². The van der Waals surface area contributed by atoms with E-state index in [1.165, 1.54) is 43.1 Å². The predicted molar refractivity (Wildman–Crippen MR) is 107 cm³/mol. The highest BCUT2D eigenvalue weighted by Gasteiger charge is 2.39. The van der Waals surface area contributed by atoms with Gasteiger partial charge in [-0.25, -0.2) is 27.5 Å². The molecule has 0 unspecified atom stereocenters. The molecular formula is C21H19F4N5O. The Balaban J connectivity index is 1.99. The van der Waals surface area contributed by atoms with Gasteiger partial charge in [0.2, 0.25) is 5.91 Å². The quantitative estimate of drug-likeness (QED) is 0.636. The summed E-state index contributed by atoms with van der Waals surface area (Å²) in [5.41, 5.74) is 3.53. The molecule has 0 fully saturated rings. The molecule has 10 heteroatoms. The van der Waals surface area contributed by atoms with E-state index < -0.39 is 29.2 Å². The number of aryl methyl sites for hydroxylation is 1. The molecule has 162 valence electrons. The number of fused-ring (bicyclic) bond motifs is 1. The molecule has 31 heavy (non-hydrogen) atoms. The fourth-order valence-corrected chi connectivity index (χ4v) is 3.96. The van der Waals surface area contributed by atoms with Crippen molar-refractivity contribution in [1.29, 1.82) is 0 Å². The van der Waals surface area contributed by atoms with E-state index in [1.807, 2.05) is 0 Å². The fraction of sp³-hybridized carbons (Fsp3) is 0.286. The first-order chi connectivity index (χ1) is 14.5. The summed E-state index contributed by atoms with van der Waals surface area (Å²) in [6.45, 7) is 3.08. The SMILES string of the molecule is Cc1nc2ccc(F)c(C(F)F)c2n1-c1cccc([C@]2(C)CC(=O)N(C)C(N)=N2)c1F. The summed E-state index contributed by atoms with van der Waals surface area (Å²) in [5, 5.41) is 0. The first kappa shape index (κ1) is 20.8. The third kappa shape index (κ3) is 3.13. The van der Waals surface area contributed by atoms with Crippen LogP contribution in [0.1, 0.15) is 36.7 Å². The fourth-order valence-electron chi connectivity index (χ4n) is 3.96. The number of halogens is 4. The van der Waals surface area contributed by atoms with Gasteiger partial charge in [-0.1, -0.05) is 12.1 Å². The average Bonchev–Trinajstić information content (AvgIpc) is 3.01. The molecule has 2 aromatic carbocycles. The predicted octanol–water partition coefficient (Wildman–Crippen LogP) is 3.94. The second-order valence-electron chi connectivity index (χ2n) is 7.64. The molecule has 0 bridgehead atoms. The maximum atomic E-state index is 15.8. The number of guanidine groups is 1. The van der Waals surface area contributed by atoms with Gasteiger partial charge >= 0.3 is 0 Å². The van der Waals surface area contributed by atoms with Gasteiger partial charge in [-0.3, -0.25) is 14.3 Å². The van der Waals surface area contributed by atoms with E-state index in [2.05, 4.69) is 9.98 Å². The third-order valence-electron chi connectivity index (χ3n) is 5.56. The van der Waals surface area contributed by atoms with Gasteiger partial charge in [-0.2, -0.15) is 0 Å². The van der Waals surface area contributed by atoms with Crippen molar-refractivity contribution in [3.63, 3.8) is 0 Å². The Labute approximate surface area is 175 Å². The highest BCUT2D eigenvalue weighted by Crippen LogP contribution is 2.38. The minimum Gasteiger partial charge on any atom is -0.369 e. The maximum Gasteiger partial charge on any atom is 0.268 e. The number of aliphatic imine (C=N–C) groups is 1. The zero-order valence-corrected chi connectivity index (χ0v) is 17.0. The van der Waals surface area contributed by atoms with Crippen LogP contribution in [0.25, 0.3) is 16.7 Å².